The van der Waals surface area contributed by atoms with E-state index in [1.807, 2.05) is 24.3 Å². The zero-order chi connectivity index (χ0) is 6.69. The second-order valence-corrected chi connectivity index (χ2v) is 2.36. The van der Waals surface area contributed by atoms with Gasteiger partial charge in [-0.1, -0.05) is 18.2 Å². The molecule has 0 aliphatic carbocycles. The van der Waals surface area contributed by atoms with Crippen molar-refractivity contribution in [3.05, 3.63) is 24.3 Å². The Kier molecular flexibility index (Phi) is 4.86. The number of hydrogen-bond acceptors (Lipinski definition) is 1. The van der Waals surface area contributed by atoms with E-state index in [0.29, 0.717) is 0 Å². The minimum Gasteiger partial charge on any atom is -0.496 e. The van der Waals surface area contributed by atoms with Crippen LogP contribution in [-0.2, 0) is 19.5 Å². The second kappa shape index (κ2) is 4.82. The topological polar surface area (TPSA) is 9.23 Å². The summed E-state index contributed by atoms with van der Waals surface area (Å²) in [6.45, 7) is 0. The molecule has 0 aliphatic heterocycles. The molecule has 0 amide bonds. The number of methoxy groups -OCH3 is 1. The van der Waals surface area contributed by atoms with Crippen LogP contribution < -0.4 is 10.0 Å². The summed E-state index contributed by atoms with van der Waals surface area (Å²) in [4.78, 5) is 0. The molecule has 0 heterocycles. The molecular weight excluding hydrogens is 232 g/mol. The monoisotopic (exact) mass is 242 g/mol. The van der Waals surface area contributed by atoms with Gasteiger partial charge in [0.15, 0.2) is 0 Å². The molecule has 0 N–H and O–H groups in total. The summed E-state index contributed by atoms with van der Waals surface area (Å²) < 4.78 is 5.02. The summed E-state index contributed by atoms with van der Waals surface area (Å²) in [7, 11) is 4.28. The summed E-state index contributed by atoms with van der Waals surface area (Å²) in [5, 5.41) is 1.10. The molecular formula is C7H9OPRu. The van der Waals surface area contributed by atoms with Gasteiger partial charge in [0.2, 0.25) is 0 Å². The van der Waals surface area contributed by atoms with Gasteiger partial charge in [-0.3, -0.25) is 0 Å². The summed E-state index contributed by atoms with van der Waals surface area (Å²) in [5.74, 6) is 0.919. The summed E-state index contributed by atoms with van der Waals surface area (Å²) in [6.07, 6.45) is 0. The van der Waals surface area contributed by atoms with Crippen molar-refractivity contribution >= 4 is 14.5 Å². The van der Waals surface area contributed by atoms with Crippen molar-refractivity contribution in [1.29, 1.82) is 0 Å². The van der Waals surface area contributed by atoms with Gasteiger partial charge in [-0.25, -0.2) is 0 Å². The Hall–Kier alpha value is 0.0734. The largest absolute Gasteiger partial charge is 0.496 e. The zero-order valence-corrected chi connectivity index (χ0v) is 8.54. The Morgan fingerprint density at radius 3 is 2.30 bits per heavy atom. The Morgan fingerprint density at radius 2 is 1.90 bits per heavy atom. The van der Waals surface area contributed by atoms with E-state index >= 15 is 0 Å². The molecule has 56 valence electrons. The van der Waals surface area contributed by atoms with Gasteiger partial charge in [0.1, 0.15) is 5.75 Å². The third-order valence-electron chi connectivity index (χ3n) is 1.14. The molecule has 1 rings (SSSR count). The molecule has 0 spiro atoms. The smallest absolute Gasteiger partial charge is 0.125 e. The van der Waals surface area contributed by atoms with Crippen LogP contribution in [0.25, 0.3) is 0 Å². The van der Waals surface area contributed by atoms with Crippen molar-refractivity contribution in [2.45, 2.75) is 0 Å². The standard InChI is InChI=1S/C7H9OP.Ru/c1-8-6-4-2-3-5-7(6)9;/h2-5H,9H2,1H3;. The number of hydrogen-bond donors (Lipinski definition) is 0. The van der Waals surface area contributed by atoms with E-state index in [4.69, 9.17) is 4.74 Å². The zero-order valence-electron chi connectivity index (χ0n) is 5.65. The molecule has 3 heteroatoms. The van der Waals surface area contributed by atoms with Crippen molar-refractivity contribution in [3.63, 3.8) is 0 Å². The average Bonchev–Trinajstić information content (AvgIpc) is 1.89. The first kappa shape index (κ1) is 10.1. The number of rotatable bonds is 1. The van der Waals surface area contributed by atoms with Crippen LogP contribution in [0.4, 0.5) is 0 Å². The first-order valence-corrected chi connectivity index (χ1v) is 3.31. The minimum absolute atomic E-state index is 0. The third-order valence-corrected chi connectivity index (χ3v) is 1.62. The maximum atomic E-state index is 5.02. The van der Waals surface area contributed by atoms with Crippen LogP contribution >= 0.6 is 9.24 Å². The van der Waals surface area contributed by atoms with Gasteiger partial charge in [0, 0.05) is 24.8 Å². The average molecular weight is 241 g/mol. The molecule has 0 saturated carbocycles. The van der Waals surface area contributed by atoms with Crippen molar-refractivity contribution < 1.29 is 24.2 Å². The van der Waals surface area contributed by atoms with Crippen LogP contribution in [0.3, 0.4) is 0 Å². The fourth-order valence-electron chi connectivity index (χ4n) is 0.666. The molecule has 0 fully saturated rings. The fraction of sp³-hybridized carbons (Fsp3) is 0.143. The SMILES string of the molecule is COc1ccccc1P.[Ru]. The maximum absolute atomic E-state index is 5.02. The van der Waals surface area contributed by atoms with Crippen LogP contribution in [0.1, 0.15) is 0 Å². The van der Waals surface area contributed by atoms with Crippen molar-refractivity contribution in [3.8, 4) is 5.75 Å². The van der Waals surface area contributed by atoms with E-state index in [2.05, 4.69) is 9.24 Å². The predicted molar refractivity (Wildman–Crippen MR) is 42.3 cm³/mol. The molecule has 0 aromatic heterocycles. The van der Waals surface area contributed by atoms with Gasteiger partial charge in [-0.05, 0) is 6.07 Å². The molecule has 1 aromatic carbocycles. The van der Waals surface area contributed by atoms with E-state index < -0.39 is 0 Å². The van der Waals surface area contributed by atoms with Crippen molar-refractivity contribution in [1.82, 2.24) is 0 Å². The van der Waals surface area contributed by atoms with Gasteiger partial charge in [0.25, 0.3) is 0 Å². The molecule has 1 unspecified atom stereocenters. The van der Waals surface area contributed by atoms with Crippen molar-refractivity contribution in [2.75, 3.05) is 7.11 Å². The van der Waals surface area contributed by atoms with Gasteiger partial charge in [-0.15, -0.1) is 9.24 Å². The fourth-order valence-corrected chi connectivity index (χ4v) is 0.992. The number of para-hydroxylation sites is 1. The molecule has 1 nitrogen and oxygen atoms in total. The molecule has 1 atom stereocenters. The van der Waals surface area contributed by atoms with Gasteiger partial charge in [0.05, 0.1) is 7.11 Å². The van der Waals surface area contributed by atoms with Gasteiger partial charge >= 0.3 is 0 Å². The van der Waals surface area contributed by atoms with Crippen LogP contribution in [-0.4, -0.2) is 7.11 Å². The second-order valence-electron chi connectivity index (χ2n) is 1.74. The van der Waals surface area contributed by atoms with Crippen LogP contribution in [0.2, 0.25) is 0 Å². The summed E-state index contributed by atoms with van der Waals surface area (Å²) in [5.41, 5.74) is 0. The van der Waals surface area contributed by atoms with Crippen molar-refractivity contribution in [2.24, 2.45) is 0 Å². The third kappa shape index (κ3) is 2.36. The quantitative estimate of drug-likeness (QED) is 0.530. The van der Waals surface area contributed by atoms with Crippen LogP contribution in [0, 0.1) is 0 Å². The first-order chi connectivity index (χ1) is 4.34. The molecule has 0 saturated heterocycles. The van der Waals surface area contributed by atoms with E-state index in [9.17, 15) is 0 Å². The van der Waals surface area contributed by atoms with Crippen LogP contribution in [0.15, 0.2) is 24.3 Å². The normalized spacial score (nSPS) is 8.20. The van der Waals surface area contributed by atoms with E-state index in [0.717, 1.165) is 11.1 Å². The summed E-state index contributed by atoms with van der Waals surface area (Å²) >= 11 is 0. The first-order valence-electron chi connectivity index (χ1n) is 2.73. The molecule has 1 aromatic rings. The number of ether oxygens (including phenoxy) is 1. The van der Waals surface area contributed by atoms with E-state index in [-0.39, 0.29) is 19.5 Å². The number of benzene rings is 1. The van der Waals surface area contributed by atoms with E-state index in [1.165, 1.54) is 0 Å². The molecule has 0 radical (unpaired) electrons. The predicted octanol–water partition coefficient (Wildman–Crippen LogP) is 1.19. The Balaban J connectivity index is 0.000000810. The Morgan fingerprint density at radius 1 is 1.30 bits per heavy atom. The Bertz CT molecular complexity index is 203. The molecule has 0 aliphatic rings. The van der Waals surface area contributed by atoms with E-state index in [1.54, 1.807) is 7.11 Å². The van der Waals surface area contributed by atoms with Gasteiger partial charge in [-0.2, -0.15) is 0 Å². The van der Waals surface area contributed by atoms with Gasteiger partial charge < -0.3 is 4.74 Å². The van der Waals surface area contributed by atoms with Crippen LogP contribution in [0.5, 0.6) is 5.75 Å². The summed E-state index contributed by atoms with van der Waals surface area (Å²) in [6, 6.07) is 7.85. The minimum atomic E-state index is 0. The molecule has 0 bridgehead atoms. The Labute approximate surface area is 76.1 Å². The maximum Gasteiger partial charge on any atom is 0.125 e. The molecule has 10 heavy (non-hydrogen) atoms.